The molecule has 0 aromatic heterocycles. The molecule has 5 nitrogen and oxygen atoms in total. The summed E-state index contributed by atoms with van der Waals surface area (Å²) in [5.74, 6) is 0. The van der Waals surface area contributed by atoms with Gasteiger partial charge in [0.25, 0.3) is 12.8 Å². The van der Waals surface area contributed by atoms with Gasteiger partial charge in [0, 0.05) is 0 Å². The van der Waals surface area contributed by atoms with Gasteiger partial charge in [0.05, 0.1) is 0 Å². The molecule has 0 aromatic carbocycles. The zero-order chi connectivity index (χ0) is 9.07. The summed E-state index contributed by atoms with van der Waals surface area (Å²) in [6.45, 7) is 0. The second kappa shape index (κ2) is 3.85. The maximum Gasteiger partial charge on any atom is 0.424 e. The molecular weight excluding hydrogens is 193 g/mol. The van der Waals surface area contributed by atoms with Gasteiger partial charge in [-0.05, 0) is 0 Å². The molecule has 0 aliphatic rings. The van der Waals surface area contributed by atoms with Gasteiger partial charge >= 0.3 is 10.4 Å². The zero-order valence-electron chi connectivity index (χ0n) is 4.78. The molecule has 1 atom stereocenters. The molecule has 0 heterocycles. The van der Waals surface area contributed by atoms with Gasteiger partial charge < -0.3 is 0 Å². The first-order valence-corrected chi connectivity index (χ1v) is 3.44. The molecule has 0 aliphatic heterocycles. The van der Waals surface area contributed by atoms with Gasteiger partial charge in [0.2, 0.25) is 0 Å². The molecule has 68 valence electrons. The topological polar surface area (TPSA) is 72.8 Å². The molecular formula is C2H3F3O5S. The van der Waals surface area contributed by atoms with E-state index < -0.39 is 23.2 Å². The van der Waals surface area contributed by atoms with E-state index in [2.05, 4.69) is 9.22 Å². The predicted molar refractivity (Wildman–Crippen MR) is 24.6 cm³/mol. The number of hydrogen-bond donors (Lipinski definition) is 1. The summed E-state index contributed by atoms with van der Waals surface area (Å²) in [7, 11) is -5.05. The van der Waals surface area contributed by atoms with Crippen LogP contribution >= 0.6 is 0 Å². The summed E-state index contributed by atoms with van der Waals surface area (Å²) in [5.41, 5.74) is 0. The van der Waals surface area contributed by atoms with Crippen LogP contribution in [0.25, 0.3) is 0 Å². The predicted octanol–water partition coefficient (Wildman–Crippen LogP) is 0.298. The number of hydrogen-bond acceptors (Lipinski definition) is 4. The van der Waals surface area contributed by atoms with Gasteiger partial charge in [0.15, 0.2) is 0 Å². The lowest BCUT2D eigenvalue weighted by molar-refractivity contribution is -0.310. The Morgan fingerprint density at radius 1 is 1.27 bits per heavy atom. The molecule has 0 aromatic rings. The van der Waals surface area contributed by atoms with Crippen molar-refractivity contribution in [1.82, 2.24) is 0 Å². The first-order valence-electron chi connectivity index (χ1n) is 2.07. The Kier molecular flexibility index (Phi) is 3.72. The van der Waals surface area contributed by atoms with Crippen LogP contribution in [0.4, 0.5) is 13.2 Å². The van der Waals surface area contributed by atoms with E-state index in [9.17, 15) is 21.6 Å². The van der Waals surface area contributed by atoms with Crippen molar-refractivity contribution in [2.75, 3.05) is 0 Å². The highest BCUT2D eigenvalue weighted by Gasteiger charge is 2.23. The Bertz CT molecular complexity index is 200. The van der Waals surface area contributed by atoms with Crippen molar-refractivity contribution in [3.63, 3.8) is 0 Å². The molecule has 1 unspecified atom stereocenters. The summed E-state index contributed by atoms with van der Waals surface area (Å²) >= 11 is 0. The van der Waals surface area contributed by atoms with E-state index in [1.54, 1.807) is 0 Å². The quantitative estimate of drug-likeness (QED) is 0.397. The highest BCUT2D eigenvalue weighted by Crippen LogP contribution is 2.07. The third-order valence-corrected chi connectivity index (χ3v) is 0.666. The van der Waals surface area contributed by atoms with Crippen molar-refractivity contribution in [2.45, 2.75) is 12.8 Å². The first kappa shape index (κ1) is 10.6. The summed E-state index contributed by atoms with van der Waals surface area (Å²) in [4.78, 5) is 2.91. The Labute approximate surface area is 59.6 Å². The van der Waals surface area contributed by atoms with Crippen LogP contribution in [0.15, 0.2) is 0 Å². The van der Waals surface area contributed by atoms with Crippen LogP contribution in [0.2, 0.25) is 0 Å². The standard InChI is InChI=1S/C2H3F3O5S/c3-1(4)2(5)9-10-11(6,7)8/h1-2H,(H,6,7,8). The summed E-state index contributed by atoms with van der Waals surface area (Å²) in [5, 5.41) is 0. The van der Waals surface area contributed by atoms with Crippen molar-refractivity contribution in [1.29, 1.82) is 0 Å². The molecule has 0 fully saturated rings. The van der Waals surface area contributed by atoms with E-state index in [4.69, 9.17) is 4.55 Å². The van der Waals surface area contributed by atoms with Crippen LogP contribution < -0.4 is 0 Å². The minimum absolute atomic E-state index is 2.83. The highest BCUT2D eigenvalue weighted by molar-refractivity contribution is 7.80. The Hall–Kier alpha value is -0.380. The summed E-state index contributed by atoms with van der Waals surface area (Å²) in [6.07, 6.45) is -6.76. The smallest absolute Gasteiger partial charge is 0.262 e. The van der Waals surface area contributed by atoms with Crippen molar-refractivity contribution in [2.24, 2.45) is 0 Å². The van der Waals surface area contributed by atoms with E-state index in [1.807, 2.05) is 0 Å². The van der Waals surface area contributed by atoms with Gasteiger partial charge in [-0.25, -0.2) is 13.2 Å². The first-order chi connectivity index (χ1) is 4.83. The third kappa shape index (κ3) is 6.04. The molecule has 0 saturated carbocycles. The van der Waals surface area contributed by atoms with Gasteiger partial charge in [-0.1, -0.05) is 4.33 Å². The highest BCUT2D eigenvalue weighted by atomic mass is 32.3. The number of rotatable bonds is 4. The molecule has 0 rings (SSSR count). The molecule has 11 heavy (non-hydrogen) atoms. The fraction of sp³-hybridized carbons (Fsp3) is 1.00. The second-order valence-corrected chi connectivity index (χ2v) is 2.27. The van der Waals surface area contributed by atoms with Gasteiger partial charge in [-0.2, -0.15) is 13.3 Å². The third-order valence-electron chi connectivity index (χ3n) is 0.415. The molecule has 0 bridgehead atoms. The van der Waals surface area contributed by atoms with Gasteiger partial charge in [0.1, 0.15) is 0 Å². The van der Waals surface area contributed by atoms with E-state index in [0.29, 0.717) is 0 Å². The van der Waals surface area contributed by atoms with Crippen molar-refractivity contribution >= 4 is 10.4 Å². The van der Waals surface area contributed by atoms with Crippen molar-refractivity contribution < 1.29 is 35.4 Å². The van der Waals surface area contributed by atoms with Crippen molar-refractivity contribution in [3.05, 3.63) is 0 Å². The van der Waals surface area contributed by atoms with E-state index in [-0.39, 0.29) is 0 Å². The average molecular weight is 196 g/mol. The molecule has 0 amide bonds. The minimum atomic E-state index is -5.05. The number of halogens is 3. The van der Waals surface area contributed by atoms with Gasteiger partial charge in [-0.3, -0.25) is 4.55 Å². The van der Waals surface area contributed by atoms with Crippen LogP contribution in [-0.4, -0.2) is 25.8 Å². The molecule has 9 heteroatoms. The Morgan fingerprint density at radius 3 is 2.00 bits per heavy atom. The van der Waals surface area contributed by atoms with E-state index in [1.165, 1.54) is 0 Å². The normalized spacial score (nSPS) is 15.4. The summed E-state index contributed by atoms with van der Waals surface area (Å²) in [6, 6.07) is 0. The second-order valence-electron chi connectivity index (χ2n) is 1.28. The lowest BCUT2D eigenvalue weighted by atomic mass is 10.7. The zero-order valence-corrected chi connectivity index (χ0v) is 5.59. The average Bonchev–Trinajstić information content (AvgIpc) is 1.80. The Balaban J connectivity index is 3.72. The SMILES string of the molecule is O=S(=O)(O)OOC(F)C(F)F. The largest absolute Gasteiger partial charge is 0.424 e. The van der Waals surface area contributed by atoms with Crippen LogP contribution in [0, 0.1) is 0 Å². The lowest BCUT2D eigenvalue weighted by Crippen LogP contribution is -2.18. The van der Waals surface area contributed by atoms with E-state index in [0.717, 1.165) is 0 Å². The maximum atomic E-state index is 11.6. The maximum absolute atomic E-state index is 11.6. The monoisotopic (exact) mass is 196 g/mol. The number of alkyl halides is 3. The fourth-order valence-electron chi connectivity index (χ4n) is 0.129. The van der Waals surface area contributed by atoms with Crippen LogP contribution in [0.1, 0.15) is 0 Å². The van der Waals surface area contributed by atoms with Gasteiger partial charge in [-0.15, -0.1) is 0 Å². The van der Waals surface area contributed by atoms with Crippen molar-refractivity contribution in [3.8, 4) is 0 Å². The fourth-order valence-corrected chi connectivity index (χ4v) is 0.304. The summed E-state index contributed by atoms with van der Waals surface area (Å²) < 4.78 is 63.5. The molecule has 1 N–H and O–H groups in total. The van der Waals surface area contributed by atoms with E-state index >= 15 is 0 Å². The van der Waals surface area contributed by atoms with Crippen LogP contribution in [0.3, 0.4) is 0 Å². The molecule has 0 spiro atoms. The molecule has 0 radical (unpaired) electrons. The molecule has 0 aliphatic carbocycles. The van der Waals surface area contributed by atoms with Crippen LogP contribution in [0.5, 0.6) is 0 Å². The minimum Gasteiger partial charge on any atom is -0.262 e. The lowest BCUT2D eigenvalue weighted by Gasteiger charge is -2.03. The molecule has 0 saturated heterocycles. The Morgan fingerprint density at radius 2 is 1.73 bits per heavy atom. The van der Waals surface area contributed by atoms with Crippen LogP contribution in [-0.2, 0) is 19.6 Å².